The minimum atomic E-state index is -0.163. The van der Waals surface area contributed by atoms with Crippen LogP contribution < -0.4 is 5.32 Å². The zero-order chi connectivity index (χ0) is 24.3. The largest absolute Gasteiger partial charge is 0.361 e. The quantitative estimate of drug-likeness (QED) is 0.268. The summed E-state index contributed by atoms with van der Waals surface area (Å²) >= 11 is 2.83. The lowest BCUT2D eigenvalue weighted by Crippen LogP contribution is -2.10. The minimum Gasteiger partial charge on any atom is -0.361 e. The first kappa shape index (κ1) is 22.3. The highest BCUT2D eigenvalue weighted by atomic mass is 32.2. The first-order valence-electron chi connectivity index (χ1n) is 11.3. The van der Waals surface area contributed by atoms with Crippen LogP contribution >= 0.6 is 23.1 Å². The van der Waals surface area contributed by atoms with Crippen LogP contribution in [0.1, 0.15) is 21.7 Å². The molecule has 0 unspecified atom stereocenters. The molecule has 2 N–H and O–H groups in total. The van der Waals surface area contributed by atoms with E-state index in [1.165, 1.54) is 28.5 Å². The van der Waals surface area contributed by atoms with E-state index in [1.54, 1.807) is 18.3 Å². The molecule has 3 aromatic carbocycles. The number of anilines is 1. The van der Waals surface area contributed by atoms with Crippen LogP contribution in [-0.4, -0.2) is 30.6 Å². The Hall–Kier alpha value is -4.21. The standard InChI is InChI=1S/C27H20N6OS2/c34-25(18-9-3-1-4-10-18)30-24-17-29-27(35-24)36-26-32-31-23(33(26)20-11-5-2-6-12-20)15-19-16-28-22-14-8-7-13-21(19)22/h1-14,16-17,28H,15H2,(H,30,34). The van der Waals surface area contributed by atoms with Gasteiger partial charge < -0.3 is 10.3 Å². The Morgan fingerprint density at radius 2 is 1.69 bits per heavy atom. The summed E-state index contributed by atoms with van der Waals surface area (Å²) < 4.78 is 2.83. The van der Waals surface area contributed by atoms with Gasteiger partial charge in [-0.1, -0.05) is 65.9 Å². The van der Waals surface area contributed by atoms with Gasteiger partial charge in [0.25, 0.3) is 5.91 Å². The van der Waals surface area contributed by atoms with Gasteiger partial charge in [-0.15, -0.1) is 10.2 Å². The molecule has 6 rings (SSSR count). The molecule has 0 saturated heterocycles. The topological polar surface area (TPSA) is 88.5 Å². The zero-order valence-electron chi connectivity index (χ0n) is 19.0. The van der Waals surface area contributed by atoms with E-state index in [-0.39, 0.29) is 5.91 Å². The first-order valence-corrected chi connectivity index (χ1v) is 12.9. The highest BCUT2D eigenvalue weighted by Gasteiger charge is 2.19. The Balaban J connectivity index is 1.28. The second kappa shape index (κ2) is 9.80. The van der Waals surface area contributed by atoms with E-state index in [2.05, 4.69) is 42.2 Å². The van der Waals surface area contributed by atoms with E-state index in [4.69, 9.17) is 0 Å². The molecule has 0 saturated carbocycles. The molecule has 0 aliphatic rings. The third kappa shape index (κ3) is 4.53. The number of amides is 1. The molecule has 0 spiro atoms. The molecular formula is C27H20N6OS2. The summed E-state index contributed by atoms with van der Waals surface area (Å²) in [7, 11) is 0. The number of nitrogens with one attached hydrogen (secondary N) is 2. The molecule has 0 radical (unpaired) electrons. The zero-order valence-corrected chi connectivity index (χ0v) is 20.6. The first-order chi connectivity index (χ1) is 17.7. The summed E-state index contributed by atoms with van der Waals surface area (Å²) in [5.74, 6) is 0.673. The lowest BCUT2D eigenvalue weighted by molar-refractivity contribution is 0.102. The number of aromatic amines is 1. The summed E-state index contributed by atoms with van der Waals surface area (Å²) in [6.07, 6.45) is 4.33. The Morgan fingerprint density at radius 3 is 2.53 bits per heavy atom. The highest BCUT2D eigenvalue weighted by Crippen LogP contribution is 2.34. The monoisotopic (exact) mass is 508 g/mol. The van der Waals surface area contributed by atoms with Crippen LogP contribution in [0.2, 0.25) is 0 Å². The summed E-state index contributed by atoms with van der Waals surface area (Å²) in [6, 6.07) is 27.4. The normalized spacial score (nSPS) is 11.1. The van der Waals surface area contributed by atoms with Crippen molar-refractivity contribution >= 4 is 44.9 Å². The lowest BCUT2D eigenvalue weighted by Gasteiger charge is -2.09. The lowest BCUT2D eigenvalue weighted by atomic mass is 10.1. The van der Waals surface area contributed by atoms with Gasteiger partial charge in [0.2, 0.25) is 5.16 Å². The predicted octanol–water partition coefficient (Wildman–Crippen LogP) is 6.20. The molecule has 6 aromatic rings. The average molecular weight is 509 g/mol. The van der Waals surface area contributed by atoms with Crippen LogP contribution in [0.5, 0.6) is 0 Å². The molecule has 3 aromatic heterocycles. The molecular weight excluding hydrogens is 488 g/mol. The Morgan fingerprint density at radius 1 is 0.944 bits per heavy atom. The van der Waals surface area contributed by atoms with Crippen molar-refractivity contribution < 1.29 is 4.79 Å². The van der Waals surface area contributed by atoms with Crippen molar-refractivity contribution in [2.75, 3.05) is 5.32 Å². The maximum Gasteiger partial charge on any atom is 0.256 e. The number of carbonyl (C=O) groups excluding carboxylic acids is 1. The molecule has 9 heteroatoms. The van der Waals surface area contributed by atoms with Crippen LogP contribution in [0, 0.1) is 0 Å². The number of fused-ring (bicyclic) bond motifs is 1. The number of benzene rings is 3. The van der Waals surface area contributed by atoms with Gasteiger partial charge in [-0.25, -0.2) is 4.98 Å². The SMILES string of the molecule is O=C(Nc1cnc(Sc2nnc(Cc3c[nH]c4ccccc34)n2-c2ccccc2)s1)c1ccccc1. The van der Waals surface area contributed by atoms with Crippen molar-refractivity contribution in [1.82, 2.24) is 24.7 Å². The number of carbonyl (C=O) groups is 1. The fraction of sp³-hybridized carbons (Fsp3) is 0.0370. The molecule has 0 atom stereocenters. The highest BCUT2D eigenvalue weighted by molar-refractivity contribution is 8.01. The van der Waals surface area contributed by atoms with Gasteiger partial charge in [0.15, 0.2) is 4.34 Å². The molecule has 0 aliphatic heterocycles. The Kier molecular flexibility index (Phi) is 6.06. The van der Waals surface area contributed by atoms with Crippen molar-refractivity contribution in [3.05, 3.63) is 114 Å². The summed E-state index contributed by atoms with van der Waals surface area (Å²) in [4.78, 5) is 20.3. The van der Waals surface area contributed by atoms with E-state index >= 15 is 0 Å². The summed E-state index contributed by atoms with van der Waals surface area (Å²) in [5, 5.41) is 14.5. The molecule has 1 amide bonds. The fourth-order valence-corrected chi connectivity index (χ4v) is 5.83. The van der Waals surface area contributed by atoms with Gasteiger partial charge in [0, 0.05) is 34.8 Å². The van der Waals surface area contributed by atoms with E-state index in [9.17, 15) is 4.79 Å². The summed E-state index contributed by atoms with van der Waals surface area (Å²) in [6.45, 7) is 0. The van der Waals surface area contributed by atoms with Crippen LogP contribution in [0.25, 0.3) is 16.6 Å². The smallest absolute Gasteiger partial charge is 0.256 e. The van der Waals surface area contributed by atoms with Crippen molar-refractivity contribution in [3.63, 3.8) is 0 Å². The van der Waals surface area contributed by atoms with Crippen LogP contribution in [0.3, 0.4) is 0 Å². The maximum atomic E-state index is 12.5. The molecule has 0 fully saturated rings. The van der Waals surface area contributed by atoms with Gasteiger partial charge in [-0.05, 0) is 47.7 Å². The van der Waals surface area contributed by atoms with Crippen LogP contribution in [-0.2, 0) is 6.42 Å². The average Bonchev–Trinajstić information content (AvgIpc) is 3.65. The number of rotatable bonds is 7. The fourth-order valence-electron chi connectivity index (χ4n) is 3.98. The second-order valence-electron chi connectivity index (χ2n) is 8.02. The number of hydrogen-bond donors (Lipinski definition) is 2. The van der Waals surface area contributed by atoms with Gasteiger partial charge in [-0.3, -0.25) is 9.36 Å². The van der Waals surface area contributed by atoms with Gasteiger partial charge in [0.05, 0.1) is 6.20 Å². The number of thiazole rings is 1. The Bertz CT molecular complexity index is 1640. The third-order valence-electron chi connectivity index (χ3n) is 5.67. The number of para-hydroxylation sites is 2. The molecule has 36 heavy (non-hydrogen) atoms. The minimum absolute atomic E-state index is 0.163. The number of hydrogen-bond acceptors (Lipinski definition) is 6. The number of aromatic nitrogens is 5. The third-order valence-corrected chi connectivity index (χ3v) is 7.61. The second-order valence-corrected chi connectivity index (χ2v) is 10.3. The van der Waals surface area contributed by atoms with E-state index in [1.807, 2.05) is 66.9 Å². The van der Waals surface area contributed by atoms with Gasteiger partial charge >= 0.3 is 0 Å². The predicted molar refractivity (Wildman–Crippen MR) is 143 cm³/mol. The van der Waals surface area contributed by atoms with Crippen molar-refractivity contribution in [2.45, 2.75) is 15.9 Å². The van der Waals surface area contributed by atoms with Crippen LogP contribution in [0.15, 0.2) is 107 Å². The Labute approximate surface area is 215 Å². The van der Waals surface area contributed by atoms with Crippen LogP contribution in [0.4, 0.5) is 5.00 Å². The molecule has 0 aliphatic carbocycles. The number of H-pyrrole nitrogens is 1. The molecule has 176 valence electrons. The van der Waals surface area contributed by atoms with Gasteiger partial charge in [0.1, 0.15) is 10.8 Å². The van der Waals surface area contributed by atoms with E-state index < -0.39 is 0 Å². The summed E-state index contributed by atoms with van der Waals surface area (Å²) in [5.41, 5.74) is 3.84. The molecule has 0 bridgehead atoms. The number of nitrogens with zero attached hydrogens (tertiary/aromatic N) is 4. The van der Waals surface area contributed by atoms with E-state index in [0.29, 0.717) is 22.1 Å². The maximum absolute atomic E-state index is 12.5. The molecule has 3 heterocycles. The molecule has 7 nitrogen and oxygen atoms in total. The van der Waals surface area contributed by atoms with Crippen molar-refractivity contribution in [1.29, 1.82) is 0 Å². The van der Waals surface area contributed by atoms with Crippen molar-refractivity contribution in [3.8, 4) is 5.69 Å². The van der Waals surface area contributed by atoms with Gasteiger partial charge in [-0.2, -0.15) is 0 Å². The van der Waals surface area contributed by atoms with Crippen molar-refractivity contribution in [2.24, 2.45) is 0 Å². The van der Waals surface area contributed by atoms with E-state index in [0.717, 1.165) is 26.9 Å².